The van der Waals surface area contributed by atoms with Crippen molar-refractivity contribution in [2.75, 3.05) is 25.6 Å². The lowest BCUT2D eigenvalue weighted by Gasteiger charge is -2.10. The van der Waals surface area contributed by atoms with Crippen LogP contribution in [0.2, 0.25) is 0 Å². The summed E-state index contributed by atoms with van der Waals surface area (Å²) in [6.45, 7) is 3.18. The van der Waals surface area contributed by atoms with E-state index in [2.05, 4.69) is 22.9 Å². The number of hydrogen-bond donors (Lipinski definition) is 3. The zero-order chi connectivity index (χ0) is 23.4. The molecule has 2 amide bonds. The first-order valence-electron chi connectivity index (χ1n) is 12.0. The minimum atomic E-state index is -0.156. The number of nitrogens with one attached hydrogen (secondary N) is 3. The molecule has 0 bridgehead atoms. The molecule has 0 aromatic heterocycles. The van der Waals surface area contributed by atoms with Gasteiger partial charge in [-0.2, -0.15) is 0 Å². The summed E-state index contributed by atoms with van der Waals surface area (Å²) in [7, 11) is 1.59. The molecular weight excluding hydrogens is 422 g/mol. The SMILES string of the molecule is CCCCCCCCCCCCCC(=O)NC(=S)Nc1ccc(C(=O)NCCOC)cc1. The van der Waals surface area contributed by atoms with Gasteiger partial charge in [0.1, 0.15) is 0 Å². The number of benzene rings is 1. The third-order valence-corrected chi connectivity index (χ3v) is 5.46. The van der Waals surface area contributed by atoms with Gasteiger partial charge >= 0.3 is 0 Å². The Kier molecular flexibility index (Phi) is 16.3. The van der Waals surface area contributed by atoms with Gasteiger partial charge in [-0.25, -0.2) is 0 Å². The quantitative estimate of drug-likeness (QED) is 0.208. The van der Waals surface area contributed by atoms with Crippen molar-refractivity contribution in [3.63, 3.8) is 0 Å². The van der Waals surface area contributed by atoms with Crippen molar-refractivity contribution in [3.05, 3.63) is 29.8 Å². The molecule has 0 radical (unpaired) electrons. The molecule has 0 heterocycles. The first-order valence-corrected chi connectivity index (χ1v) is 12.5. The van der Waals surface area contributed by atoms with E-state index in [0.29, 0.717) is 25.1 Å². The number of ether oxygens (including phenoxy) is 1. The van der Waals surface area contributed by atoms with E-state index in [0.717, 1.165) is 18.5 Å². The minimum Gasteiger partial charge on any atom is -0.383 e. The third-order valence-electron chi connectivity index (χ3n) is 5.26. The molecule has 1 aromatic rings. The van der Waals surface area contributed by atoms with Crippen LogP contribution in [0.3, 0.4) is 0 Å². The molecule has 0 spiro atoms. The number of thiocarbonyl (C=S) groups is 1. The fourth-order valence-corrected chi connectivity index (χ4v) is 3.61. The van der Waals surface area contributed by atoms with Crippen molar-refractivity contribution in [1.82, 2.24) is 10.6 Å². The van der Waals surface area contributed by atoms with Crippen LogP contribution in [0.5, 0.6) is 0 Å². The Hall–Kier alpha value is -1.99. The Labute approximate surface area is 199 Å². The van der Waals surface area contributed by atoms with E-state index >= 15 is 0 Å². The van der Waals surface area contributed by atoms with E-state index in [4.69, 9.17) is 17.0 Å². The van der Waals surface area contributed by atoms with E-state index in [1.807, 2.05) is 0 Å². The van der Waals surface area contributed by atoms with Gasteiger partial charge in [-0.1, -0.05) is 71.1 Å². The number of methoxy groups -OCH3 is 1. The second kappa shape index (κ2) is 18.6. The Morgan fingerprint density at radius 3 is 2.00 bits per heavy atom. The molecule has 0 unspecified atom stereocenters. The summed E-state index contributed by atoms with van der Waals surface area (Å²) in [6.07, 6.45) is 14.3. The molecule has 0 aliphatic carbocycles. The molecule has 1 aromatic carbocycles. The molecule has 32 heavy (non-hydrogen) atoms. The lowest BCUT2D eigenvalue weighted by molar-refractivity contribution is -0.119. The second-order valence-corrected chi connectivity index (χ2v) is 8.52. The zero-order valence-corrected chi connectivity index (χ0v) is 20.7. The number of carbonyl (C=O) groups excluding carboxylic acids is 2. The number of hydrogen-bond acceptors (Lipinski definition) is 4. The van der Waals surface area contributed by atoms with Crippen molar-refractivity contribution in [1.29, 1.82) is 0 Å². The monoisotopic (exact) mass is 463 g/mol. The number of unbranched alkanes of at least 4 members (excludes halogenated alkanes) is 10. The van der Waals surface area contributed by atoms with E-state index in [1.54, 1.807) is 31.4 Å². The van der Waals surface area contributed by atoms with Gasteiger partial charge in [0.15, 0.2) is 5.11 Å². The van der Waals surface area contributed by atoms with Gasteiger partial charge in [-0.05, 0) is 42.9 Å². The minimum absolute atomic E-state index is 0.0624. The maximum Gasteiger partial charge on any atom is 0.251 e. The third kappa shape index (κ3) is 14.1. The normalized spacial score (nSPS) is 10.6. The molecule has 0 aliphatic heterocycles. The summed E-state index contributed by atoms with van der Waals surface area (Å²) in [5.41, 5.74) is 1.27. The van der Waals surface area contributed by atoms with Gasteiger partial charge in [-0.15, -0.1) is 0 Å². The van der Waals surface area contributed by atoms with E-state index in [-0.39, 0.29) is 16.9 Å². The molecule has 0 atom stereocenters. The average molecular weight is 464 g/mol. The van der Waals surface area contributed by atoms with Crippen LogP contribution in [-0.4, -0.2) is 37.2 Å². The molecular formula is C25H41N3O3S. The molecule has 3 N–H and O–H groups in total. The molecule has 0 fully saturated rings. The Morgan fingerprint density at radius 2 is 1.44 bits per heavy atom. The first-order chi connectivity index (χ1) is 15.6. The highest BCUT2D eigenvalue weighted by Crippen LogP contribution is 2.12. The smallest absolute Gasteiger partial charge is 0.251 e. The fourth-order valence-electron chi connectivity index (χ4n) is 3.37. The van der Waals surface area contributed by atoms with Crippen molar-refractivity contribution in [3.8, 4) is 0 Å². The van der Waals surface area contributed by atoms with Crippen LogP contribution < -0.4 is 16.0 Å². The number of carbonyl (C=O) groups is 2. The van der Waals surface area contributed by atoms with Crippen molar-refractivity contribution < 1.29 is 14.3 Å². The van der Waals surface area contributed by atoms with Crippen LogP contribution in [0.25, 0.3) is 0 Å². The standard InChI is InChI=1S/C25H41N3O3S/c1-3-4-5-6-7-8-9-10-11-12-13-14-23(29)28-25(32)27-22-17-15-21(16-18-22)24(30)26-19-20-31-2/h15-18H,3-14,19-20H2,1-2H3,(H,26,30)(H2,27,28,29,32). The highest BCUT2D eigenvalue weighted by atomic mass is 32.1. The molecule has 0 aliphatic rings. The number of rotatable bonds is 17. The van der Waals surface area contributed by atoms with Gasteiger partial charge in [0, 0.05) is 31.3 Å². The van der Waals surface area contributed by atoms with Crippen LogP contribution >= 0.6 is 12.2 Å². The van der Waals surface area contributed by atoms with Gasteiger partial charge in [0.05, 0.1) is 6.61 Å². The fraction of sp³-hybridized carbons (Fsp3) is 0.640. The van der Waals surface area contributed by atoms with Crippen LogP contribution in [0.4, 0.5) is 5.69 Å². The van der Waals surface area contributed by atoms with Crippen LogP contribution in [0, 0.1) is 0 Å². The zero-order valence-electron chi connectivity index (χ0n) is 19.8. The summed E-state index contributed by atoms with van der Waals surface area (Å²) in [5, 5.41) is 8.75. The lowest BCUT2D eigenvalue weighted by atomic mass is 10.1. The predicted molar refractivity (Wildman–Crippen MR) is 136 cm³/mol. The molecule has 6 nitrogen and oxygen atoms in total. The van der Waals surface area contributed by atoms with Crippen molar-refractivity contribution >= 4 is 34.8 Å². The van der Waals surface area contributed by atoms with E-state index in [1.165, 1.54) is 57.8 Å². The van der Waals surface area contributed by atoms with Gasteiger partial charge in [-0.3, -0.25) is 9.59 Å². The number of anilines is 1. The topological polar surface area (TPSA) is 79.5 Å². The predicted octanol–water partition coefficient (Wildman–Crippen LogP) is 5.58. The Bertz CT molecular complexity index is 665. The Balaban J connectivity index is 2.11. The van der Waals surface area contributed by atoms with Crippen molar-refractivity contribution in [2.45, 2.75) is 84.0 Å². The lowest BCUT2D eigenvalue weighted by Crippen LogP contribution is -2.33. The number of amides is 2. The summed E-state index contributed by atoms with van der Waals surface area (Å²) >= 11 is 5.22. The average Bonchev–Trinajstić information content (AvgIpc) is 2.78. The summed E-state index contributed by atoms with van der Waals surface area (Å²) in [4.78, 5) is 24.0. The van der Waals surface area contributed by atoms with Gasteiger partial charge < -0.3 is 20.7 Å². The highest BCUT2D eigenvalue weighted by Gasteiger charge is 2.07. The van der Waals surface area contributed by atoms with Gasteiger partial charge in [0.25, 0.3) is 5.91 Å². The highest BCUT2D eigenvalue weighted by molar-refractivity contribution is 7.80. The van der Waals surface area contributed by atoms with Crippen molar-refractivity contribution in [2.24, 2.45) is 0 Å². The molecule has 0 saturated carbocycles. The first kappa shape index (κ1) is 28.0. The molecule has 1 rings (SSSR count). The maximum absolute atomic E-state index is 12.1. The largest absolute Gasteiger partial charge is 0.383 e. The maximum atomic E-state index is 12.1. The summed E-state index contributed by atoms with van der Waals surface area (Å²) in [5.74, 6) is -0.219. The summed E-state index contributed by atoms with van der Waals surface area (Å²) in [6, 6.07) is 6.93. The Morgan fingerprint density at radius 1 is 0.875 bits per heavy atom. The van der Waals surface area contributed by atoms with E-state index in [9.17, 15) is 9.59 Å². The summed E-state index contributed by atoms with van der Waals surface area (Å²) < 4.78 is 4.91. The molecule has 0 saturated heterocycles. The van der Waals surface area contributed by atoms with Crippen LogP contribution in [0.15, 0.2) is 24.3 Å². The second-order valence-electron chi connectivity index (χ2n) is 8.11. The van der Waals surface area contributed by atoms with Crippen LogP contribution in [-0.2, 0) is 9.53 Å². The van der Waals surface area contributed by atoms with Gasteiger partial charge in [0.2, 0.25) is 5.91 Å². The van der Waals surface area contributed by atoms with Crippen LogP contribution in [0.1, 0.15) is 94.3 Å². The molecule has 7 heteroatoms. The molecule has 180 valence electrons. The van der Waals surface area contributed by atoms with E-state index < -0.39 is 0 Å².